The van der Waals surface area contributed by atoms with Crippen LogP contribution in [0, 0.1) is 5.92 Å². The van der Waals surface area contributed by atoms with E-state index in [4.69, 9.17) is 5.73 Å². The van der Waals surface area contributed by atoms with Crippen molar-refractivity contribution in [2.45, 2.75) is 25.8 Å². The highest BCUT2D eigenvalue weighted by atomic mass is 32.1. The second kappa shape index (κ2) is 4.20. The summed E-state index contributed by atoms with van der Waals surface area (Å²) in [5.41, 5.74) is 6.49. The molecule has 6 heteroatoms. The predicted molar refractivity (Wildman–Crippen MR) is 71.5 cm³/mol. The summed E-state index contributed by atoms with van der Waals surface area (Å²) in [7, 11) is 0. The molecule has 0 bridgehead atoms. The van der Waals surface area contributed by atoms with Gasteiger partial charge in [0.2, 0.25) is 0 Å². The first-order valence-corrected chi connectivity index (χ1v) is 6.79. The van der Waals surface area contributed by atoms with Gasteiger partial charge in [0.05, 0.1) is 11.9 Å². The molecule has 1 amide bonds. The van der Waals surface area contributed by atoms with Crippen molar-refractivity contribution in [3.05, 3.63) is 17.1 Å². The molecule has 3 N–H and O–H groups in total. The highest BCUT2D eigenvalue weighted by Gasteiger charge is 2.30. The SMILES string of the molecule is CC(NC(=O)c1sc2nnccc2c1N)C1CC1. The first-order valence-electron chi connectivity index (χ1n) is 5.97. The van der Waals surface area contributed by atoms with Crippen LogP contribution in [0.15, 0.2) is 12.3 Å². The molecule has 1 aliphatic rings. The molecular weight excluding hydrogens is 248 g/mol. The van der Waals surface area contributed by atoms with Crippen LogP contribution in [0.25, 0.3) is 10.2 Å². The smallest absolute Gasteiger partial charge is 0.263 e. The van der Waals surface area contributed by atoms with Crippen LogP contribution in [0.1, 0.15) is 29.4 Å². The standard InChI is InChI=1S/C12H14N4OS/c1-6(7-2-3-7)15-11(17)10-9(13)8-4-5-14-16-12(8)18-10/h4-7H,2-3,13H2,1H3,(H,15,17). The molecule has 1 unspecified atom stereocenters. The maximum Gasteiger partial charge on any atom is 0.263 e. The fraction of sp³-hybridized carbons (Fsp3) is 0.417. The van der Waals surface area contributed by atoms with Crippen LogP contribution in [-0.2, 0) is 0 Å². The van der Waals surface area contributed by atoms with E-state index in [2.05, 4.69) is 15.5 Å². The highest BCUT2D eigenvalue weighted by Crippen LogP contribution is 2.34. The van der Waals surface area contributed by atoms with Gasteiger partial charge in [-0.15, -0.1) is 16.4 Å². The first-order chi connectivity index (χ1) is 8.66. The fourth-order valence-electron chi connectivity index (χ4n) is 2.03. The van der Waals surface area contributed by atoms with Gasteiger partial charge in [-0.3, -0.25) is 4.79 Å². The maximum absolute atomic E-state index is 12.1. The summed E-state index contributed by atoms with van der Waals surface area (Å²) in [4.78, 5) is 13.4. The fourth-order valence-corrected chi connectivity index (χ4v) is 2.97. The Morgan fingerprint density at radius 3 is 3.06 bits per heavy atom. The molecule has 1 aliphatic carbocycles. The van der Waals surface area contributed by atoms with E-state index in [-0.39, 0.29) is 11.9 Å². The summed E-state index contributed by atoms with van der Waals surface area (Å²) in [5.74, 6) is 0.527. The summed E-state index contributed by atoms with van der Waals surface area (Å²) >= 11 is 1.30. The number of amides is 1. The van der Waals surface area contributed by atoms with Crippen LogP contribution in [0.4, 0.5) is 5.69 Å². The zero-order chi connectivity index (χ0) is 12.7. The summed E-state index contributed by atoms with van der Waals surface area (Å²) in [6.07, 6.45) is 3.99. The van der Waals surface area contributed by atoms with Gasteiger partial charge in [0, 0.05) is 11.4 Å². The molecule has 2 aromatic rings. The summed E-state index contributed by atoms with van der Waals surface area (Å²) in [6.45, 7) is 2.04. The molecule has 1 fully saturated rings. The number of nitrogens with two attached hydrogens (primary N) is 1. The number of carbonyl (C=O) groups is 1. The Bertz CT molecular complexity index is 605. The van der Waals surface area contributed by atoms with Crippen molar-refractivity contribution in [3.8, 4) is 0 Å². The molecule has 1 saturated carbocycles. The van der Waals surface area contributed by atoms with Crippen LogP contribution in [-0.4, -0.2) is 22.1 Å². The molecule has 0 spiro atoms. The number of thiophene rings is 1. The molecule has 1 atom stereocenters. The van der Waals surface area contributed by atoms with Crippen molar-refractivity contribution in [3.63, 3.8) is 0 Å². The average molecular weight is 262 g/mol. The lowest BCUT2D eigenvalue weighted by Gasteiger charge is -2.11. The van der Waals surface area contributed by atoms with E-state index in [0.717, 1.165) is 5.39 Å². The minimum Gasteiger partial charge on any atom is -0.397 e. The van der Waals surface area contributed by atoms with Crippen molar-refractivity contribution in [2.24, 2.45) is 5.92 Å². The minimum atomic E-state index is -0.102. The van der Waals surface area contributed by atoms with Gasteiger partial charge >= 0.3 is 0 Å². The summed E-state index contributed by atoms with van der Waals surface area (Å²) < 4.78 is 0. The largest absolute Gasteiger partial charge is 0.397 e. The molecule has 2 aromatic heterocycles. The average Bonchev–Trinajstić information content (AvgIpc) is 3.15. The number of fused-ring (bicyclic) bond motifs is 1. The Balaban J connectivity index is 1.88. The molecule has 0 aromatic carbocycles. The zero-order valence-corrected chi connectivity index (χ0v) is 10.8. The lowest BCUT2D eigenvalue weighted by Crippen LogP contribution is -2.33. The molecule has 2 heterocycles. The summed E-state index contributed by atoms with van der Waals surface area (Å²) in [6, 6.07) is 2.00. The van der Waals surface area contributed by atoms with Crippen molar-refractivity contribution in [2.75, 3.05) is 5.73 Å². The van der Waals surface area contributed by atoms with Crippen LogP contribution in [0.3, 0.4) is 0 Å². The minimum absolute atomic E-state index is 0.102. The molecule has 18 heavy (non-hydrogen) atoms. The van der Waals surface area contributed by atoms with Gasteiger partial charge in [0.1, 0.15) is 9.71 Å². The first kappa shape index (κ1) is 11.4. The Morgan fingerprint density at radius 2 is 2.39 bits per heavy atom. The molecule has 94 valence electrons. The Morgan fingerprint density at radius 1 is 1.61 bits per heavy atom. The number of hydrogen-bond donors (Lipinski definition) is 2. The monoisotopic (exact) mass is 262 g/mol. The van der Waals surface area contributed by atoms with E-state index in [1.165, 1.54) is 24.2 Å². The number of aromatic nitrogens is 2. The number of carbonyl (C=O) groups excluding carboxylic acids is 1. The quantitative estimate of drug-likeness (QED) is 0.883. The van der Waals surface area contributed by atoms with Gasteiger partial charge < -0.3 is 11.1 Å². The number of anilines is 1. The van der Waals surface area contributed by atoms with Crippen LogP contribution in [0.5, 0.6) is 0 Å². The molecular formula is C12H14N4OS. The third-order valence-electron chi connectivity index (χ3n) is 3.31. The van der Waals surface area contributed by atoms with Gasteiger partial charge in [-0.05, 0) is 31.7 Å². The molecule has 5 nitrogen and oxygen atoms in total. The van der Waals surface area contributed by atoms with Gasteiger partial charge in [-0.2, -0.15) is 5.10 Å². The van der Waals surface area contributed by atoms with E-state index in [1.807, 2.05) is 6.92 Å². The van der Waals surface area contributed by atoms with E-state index >= 15 is 0 Å². The number of nitrogens with one attached hydrogen (secondary N) is 1. The third kappa shape index (κ3) is 1.92. The second-order valence-electron chi connectivity index (χ2n) is 4.69. The topological polar surface area (TPSA) is 80.9 Å². The number of nitrogen functional groups attached to an aromatic ring is 1. The van der Waals surface area contributed by atoms with Crippen molar-refractivity contribution < 1.29 is 4.79 Å². The van der Waals surface area contributed by atoms with Crippen LogP contribution >= 0.6 is 11.3 Å². The second-order valence-corrected chi connectivity index (χ2v) is 5.69. The van der Waals surface area contributed by atoms with Gasteiger partial charge in [-0.1, -0.05) is 0 Å². The Hall–Kier alpha value is -1.69. The molecule has 0 aliphatic heterocycles. The zero-order valence-electron chi connectivity index (χ0n) is 10.0. The highest BCUT2D eigenvalue weighted by molar-refractivity contribution is 7.21. The maximum atomic E-state index is 12.1. The van der Waals surface area contributed by atoms with Crippen LogP contribution < -0.4 is 11.1 Å². The Kier molecular flexibility index (Phi) is 2.66. The predicted octanol–water partition coefficient (Wildman–Crippen LogP) is 1.80. The number of rotatable bonds is 3. The third-order valence-corrected chi connectivity index (χ3v) is 4.42. The lowest BCUT2D eigenvalue weighted by atomic mass is 10.2. The van der Waals surface area contributed by atoms with Gasteiger partial charge in [0.15, 0.2) is 0 Å². The van der Waals surface area contributed by atoms with E-state index in [0.29, 0.717) is 21.3 Å². The van der Waals surface area contributed by atoms with Crippen LogP contribution in [0.2, 0.25) is 0 Å². The number of nitrogens with zero attached hydrogens (tertiary/aromatic N) is 2. The van der Waals surface area contributed by atoms with Crippen molar-refractivity contribution >= 4 is 33.1 Å². The van der Waals surface area contributed by atoms with E-state index in [9.17, 15) is 4.79 Å². The number of hydrogen-bond acceptors (Lipinski definition) is 5. The molecule has 3 rings (SSSR count). The van der Waals surface area contributed by atoms with Gasteiger partial charge in [0.25, 0.3) is 5.91 Å². The van der Waals surface area contributed by atoms with E-state index < -0.39 is 0 Å². The van der Waals surface area contributed by atoms with Gasteiger partial charge in [-0.25, -0.2) is 0 Å². The lowest BCUT2D eigenvalue weighted by molar-refractivity contribution is 0.0941. The normalized spacial score (nSPS) is 16.7. The van der Waals surface area contributed by atoms with Crippen molar-refractivity contribution in [1.82, 2.24) is 15.5 Å². The van der Waals surface area contributed by atoms with Crippen molar-refractivity contribution in [1.29, 1.82) is 0 Å². The summed E-state index contributed by atoms with van der Waals surface area (Å²) in [5, 5.41) is 11.6. The molecule has 0 saturated heterocycles. The van der Waals surface area contributed by atoms with E-state index in [1.54, 1.807) is 12.3 Å². The molecule has 0 radical (unpaired) electrons. The Labute approximate surface area is 108 Å².